The lowest BCUT2D eigenvalue weighted by molar-refractivity contribution is 0.0115. The van der Waals surface area contributed by atoms with Crippen molar-refractivity contribution in [2.45, 2.75) is 32.4 Å². The third-order valence-corrected chi connectivity index (χ3v) is 3.74. The van der Waals surface area contributed by atoms with Crippen LogP contribution in [0.25, 0.3) is 0 Å². The first kappa shape index (κ1) is 17.7. The number of rotatable bonds is 2. The van der Waals surface area contributed by atoms with Gasteiger partial charge in [-0.1, -0.05) is 11.6 Å². The van der Waals surface area contributed by atoms with Crippen molar-refractivity contribution in [1.82, 2.24) is 10.2 Å². The first-order valence-corrected chi connectivity index (χ1v) is 7.87. The molecule has 23 heavy (non-hydrogen) atoms. The third-order valence-electron chi connectivity index (χ3n) is 3.52. The van der Waals surface area contributed by atoms with Crippen LogP contribution < -0.4 is 10.1 Å². The number of benzene rings is 1. The second-order valence-electron chi connectivity index (χ2n) is 6.44. The van der Waals surface area contributed by atoms with Crippen LogP contribution in [0.1, 0.15) is 32.4 Å². The van der Waals surface area contributed by atoms with E-state index in [1.807, 2.05) is 20.8 Å². The molecule has 0 aliphatic carbocycles. The minimum absolute atomic E-state index is 0.0147. The average molecular weight is 343 g/mol. The minimum Gasteiger partial charge on any atom is -0.504 e. The summed E-state index contributed by atoms with van der Waals surface area (Å²) in [4.78, 5) is 14.1. The molecule has 1 atom stereocenters. The molecule has 1 aliphatic rings. The van der Waals surface area contributed by atoms with Crippen molar-refractivity contribution in [3.05, 3.63) is 22.7 Å². The molecule has 1 amide bonds. The van der Waals surface area contributed by atoms with Crippen LogP contribution in [-0.2, 0) is 4.74 Å². The van der Waals surface area contributed by atoms with Gasteiger partial charge in [0.2, 0.25) is 0 Å². The van der Waals surface area contributed by atoms with Gasteiger partial charge in [-0.05, 0) is 26.8 Å². The van der Waals surface area contributed by atoms with E-state index in [2.05, 4.69) is 5.32 Å². The number of carbonyl (C=O) groups is 1. The van der Waals surface area contributed by atoms with Crippen LogP contribution in [0.4, 0.5) is 4.79 Å². The van der Waals surface area contributed by atoms with Gasteiger partial charge in [0, 0.05) is 36.3 Å². The van der Waals surface area contributed by atoms with Gasteiger partial charge in [0.1, 0.15) is 5.60 Å². The Labute approximate surface area is 141 Å². The number of phenolic OH excluding ortho intramolecular Hbond substituents is 1. The summed E-state index contributed by atoms with van der Waals surface area (Å²) in [6, 6.07) is 2.80. The summed E-state index contributed by atoms with van der Waals surface area (Å²) in [5.74, 6) is 0.265. The van der Waals surface area contributed by atoms with Crippen LogP contribution in [0, 0.1) is 0 Å². The number of amides is 1. The molecular weight excluding hydrogens is 320 g/mol. The zero-order chi connectivity index (χ0) is 17.2. The number of hydrogen-bond donors (Lipinski definition) is 2. The number of hydrogen-bond acceptors (Lipinski definition) is 5. The van der Waals surface area contributed by atoms with Gasteiger partial charge in [-0.15, -0.1) is 0 Å². The smallest absolute Gasteiger partial charge is 0.410 e. The van der Waals surface area contributed by atoms with Crippen molar-refractivity contribution in [3.8, 4) is 11.5 Å². The van der Waals surface area contributed by atoms with E-state index in [1.54, 1.807) is 11.0 Å². The van der Waals surface area contributed by atoms with Crippen molar-refractivity contribution in [1.29, 1.82) is 0 Å². The number of carbonyl (C=O) groups excluding carboxylic acids is 1. The Bertz CT molecular complexity index is 586. The van der Waals surface area contributed by atoms with Crippen LogP contribution in [0.5, 0.6) is 11.5 Å². The Balaban J connectivity index is 2.35. The maximum Gasteiger partial charge on any atom is 0.410 e. The van der Waals surface area contributed by atoms with Crippen LogP contribution in [0.2, 0.25) is 5.02 Å². The Morgan fingerprint density at radius 1 is 1.43 bits per heavy atom. The molecule has 7 heteroatoms. The second-order valence-corrected chi connectivity index (χ2v) is 6.88. The topological polar surface area (TPSA) is 71.0 Å². The zero-order valence-corrected chi connectivity index (χ0v) is 14.6. The number of ether oxygens (including phenoxy) is 2. The maximum absolute atomic E-state index is 12.5. The van der Waals surface area contributed by atoms with Crippen molar-refractivity contribution in [2.75, 3.05) is 26.7 Å². The Hall–Kier alpha value is -1.66. The summed E-state index contributed by atoms with van der Waals surface area (Å²) in [5, 5.41) is 14.1. The van der Waals surface area contributed by atoms with Gasteiger partial charge in [-0.3, -0.25) is 4.90 Å². The van der Waals surface area contributed by atoms with Crippen LogP contribution in [0.3, 0.4) is 0 Å². The second kappa shape index (κ2) is 6.84. The van der Waals surface area contributed by atoms with Crippen molar-refractivity contribution >= 4 is 17.7 Å². The number of methoxy groups -OCH3 is 1. The Morgan fingerprint density at radius 2 is 2.13 bits per heavy atom. The lowest BCUT2D eigenvalue weighted by Gasteiger charge is -2.37. The number of piperazine rings is 1. The molecule has 128 valence electrons. The van der Waals surface area contributed by atoms with Crippen LogP contribution in [0.15, 0.2) is 12.1 Å². The average Bonchev–Trinajstić information content (AvgIpc) is 2.47. The van der Waals surface area contributed by atoms with E-state index >= 15 is 0 Å². The first-order valence-electron chi connectivity index (χ1n) is 7.49. The number of aromatic hydroxyl groups is 1. The molecule has 1 unspecified atom stereocenters. The van der Waals surface area contributed by atoms with Gasteiger partial charge < -0.3 is 19.9 Å². The highest BCUT2D eigenvalue weighted by Gasteiger charge is 2.33. The number of halogens is 1. The fraction of sp³-hybridized carbons (Fsp3) is 0.562. The van der Waals surface area contributed by atoms with Gasteiger partial charge in [0.25, 0.3) is 0 Å². The highest BCUT2D eigenvalue weighted by Crippen LogP contribution is 2.39. The minimum atomic E-state index is -0.583. The van der Waals surface area contributed by atoms with E-state index in [9.17, 15) is 9.90 Å². The SMILES string of the molecule is COc1cc(Cl)cc(C2CNCCN2C(=O)OC(C)(C)C)c1O. The molecule has 0 radical (unpaired) electrons. The molecule has 0 aromatic heterocycles. The molecule has 6 nitrogen and oxygen atoms in total. The van der Waals surface area contributed by atoms with E-state index in [-0.39, 0.29) is 17.5 Å². The normalized spacial score (nSPS) is 18.7. The summed E-state index contributed by atoms with van der Waals surface area (Å²) in [6.07, 6.45) is -0.414. The highest BCUT2D eigenvalue weighted by atomic mass is 35.5. The van der Waals surface area contributed by atoms with Gasteiger partial charge in [0.15, 0.2) is 11.5 Å². The molecule has 1 aromatic carbocycles. The number of phenols is 1. The largest absolute Gasteiger partial charge is 0.504 e. The van der Waals surface area contributed by atoms with E-state index in [4.69, 9.17) is 21.1 Å². The molecule has 1 fully saturated rings. The van der Waals surface area contributed by atoms with E-state index in [0.717, 1.165) is 0 Å². The number of nitrogens with zero attached hydrogens (tertiary/aromatic N) is 1. The molecule has 1 saturated heterocycles. The summed E-state index contributed by atoms with van der Waals surface area (Å²) in [7, 11) is 1.46. The molecule has 1 aliphatic heterocycles. The molecule has 2 N–H and O–H groups in total. The lowest BCUT2D eigenvalue weighted by atomic mass is 10.0. The highest BCUT2D eigenvalue weighted by molar-refractivity contribution is 6.30. The van der Waals surface area contributed by atoms with E-state index in [0.29, 0.717) is 30.2 Å². The maximum atomic E-state index is 12.5. The van der Waals surface area contributed by atoms with E-state index in [1.165, 1.54) is 13.2 Å². The van der Waals surface area contributed by atoms with Gasteiger partial charge in [0.05, 0.1) is 13.2 Å². The fourth-order valence-corrected chi connectivity index (χ4v) is 2.74. The summed E-state index contributed by atoms with van der Waals surface area (Å²) in [6.45, 7) is 7.10. The predicted molar refractivity (Wildman–Crippen MR) is 88.2 cm³/mol. The van der Waals surface area contributed by atoms with Crippen molar-refractivity contribution in [3.63, 3.8) is 0 Å². The lowest BCUT2D eigenvalue weighted by Crippen LogP contribution is -2.50. The van der Waals surface area contributed by atoms with Crippen molar-refractivity contribution < 1.29 is 19.4 Å². The quantitative estimate of drug-likeness (QED) is 0.864. The summed E-state index contributed by atoms with van der Waals surface area (Å²) >= 11 is 6.11. The van der Waals surface area contributed by atoms with Gasteiger partial charge >= 0.3 is 6.09 Å². The zero-order valence-electron chi connectivity index (χ0n) is 13.9. The summed E-state index contributed by atoms with van der Waals surface area (Å²) < 4.78 is 10.6. The molecule has 0 bridgehead atoms. The van der Waals surface area contributed by atoms with Crippen molar-refractivity contribution in [2.24, 2.45) is 0 Å². The first-order chi connectivity index (χ1) is 10.7. The summed E-state index contributed by atoms with van der Waals surface area (Å²) in [5.41, 5.74) is -0.0481. The number of nitrogens with one attached hydrogen (secondary N) is 1. The Kier molecular flexibility index (Phi) is 5.26. The molecule has 2 rings (SSSR count). The van der Waals surface area contributed by atoms with E-state index < -0.39 is 11.7 Å². The molecule has 1 heterocycles. The van der Waals surface area contributed by atoms with Crippen LogP contribution >= 0.6 is 11.6 Å². The fourth-order valence-electron chi connectivity index (χ4n) is 2.53. The molecule has 0 spiro atoms. The monoisotopic (exact) mass is 342 g/mol. The molecule has 0 saturated carbocycles. The molecule has 1 aromatic rings. The standard InChI is InChI=1S/C16H23ClN2O4/c1-16(2,3)23-15(21)19-6-5-18-9-12(19)11-7-10(17)8-13(22-4)14(11)20/h7-8,12,18,20H,5-6,9H2,1-4H3. The Morgan fingerprint density at radius 3 is 2.74 bits per heavy atom. The predicted octanol–water partition coefficient (Wildman–Crippen LogP) is 2.94. The van der Waals surface area contributed by atoms with Gasteiger partial charge in [-0.2, -0.15) is 0 Å². The third kappa shape index (κ3) is 4.20. The van der Waals surface area contributed by atoms with Crippen LogP contribution in [-0.4, -0.2) is 48.4 Å². The molecular formula is C16H23ClN2O4. The van der Waals surface area contributed by atoms with Gasteiger partial charge in [-0.25, -0.2) is 4.79 Å².